The zero-order valence-electron chi connectivity index (χ0n) is 17.3. The monoisotopic (exact) mass is 436 g/mol. The number of carbonyl (C=O) groups is 1. The van der Waals surface area contributed by atoms with Crippen molar-refractivity contribution in [1.82, 2.24) is 5.43 Å². The van der Waals surface area contributed by atoms with Crippen LogP contribution >= 0.6 is 0 Å². The van der Waals surface area contributed by atoms with Crippen LogP contribution in [0.3, 0.4) is 0 Å². The topological polar surface area (TPSA) is 78.4 Å². The van der Waals surface area contributed by atoms with Gasteiger partial charge >= 0.3 is 0 Å². The second-order valence-electron chi connectivity index (χ2n) is 6.92. The number of carbonyl (C=O) groups excluding carboxylic acids is 1. The van der Waals surface area contributed by atoms with Gasteiger partial charge in [-0.3, -0.25) is 4.79 Å². The number of fused-ring (bicyclic) bond motifs is 1. The number of hydrazone groups is 1. The van der Waals surface area contributed by atoms with Crippen molar-refractivity contribution < 1.29 is 28.1 Å². The molecule has 0 bridgehead atoms. The largest absolute Gasteiger partial charge is 0.493 e. The molecule has 4 rings (SSSR count). The standard InChI is InChI=1S/C24H21FN2O5/c1-29-22-12-17(8-11-20(22)30-14-16-6-9-18(25)10-7-16)13-26-27-24(28)23-15-31-19-4-2-3-5-21(19)32-23/h2-13,23H,14-15H2,1H3,(H,27,28)/b26-13+. The van der Waals surface area contributed by atoms with Crippen LogP contribution in [0.25, 0.3) is 0 Å². The van der Waals surface area contributed by atoms with Gasteiger partial charge in [-0.05, 0) is 53.6 Å². The third-order valence-electron chi connectivity index (χ3n) is 4.68. The molecule has 0 fully saturated rings. The molecule has 0 saturated carbocycles. The Kier molecular flexibility index (Phi) is 6.50. The SMILES string of the molecule is COc1cc(/C=N/NC(=O)C2COc3ccccc3O2)ccc1OCc1ccc(F)cc1. The molecule has 0 saturated heterocycles. The number of halogens is 1. The van der Waals surface area contributed by atoms with Gasteiger partial charge in [0.15, 0.2) is 23.0 Å². The second kappa shape index (κ2) is 9.82. The molecule has 1 heterocycles. The van der Waals surface area contributed by atoms with E-state index in [9.17, 15) is 9.18 Å². The van der Waals surface area contributed by atoms with E-state index in [1.54, 1.807) is 48.5 Å². The maximum atomic E-state index is 13.0. The molecule has 0 aliphatic carbocycles. The molecular formula is C24H21FN2O5. The molecule has 1 unspecified atom stereocenters. The van der Waals surface area contributed by atoms with Crippen molar-refractivity contribution in [2.24, 2.45) is 5.10 Å². The summed E-state index contributed by atoms with van der Waals surface area (Å²) in [5.41, 5.74) is 3.99. The fourth-order valence-corrected chi connectivity index (χ4v) is 3.02. The number of para-hydroxylation sites is 2. The third kappa shape index (κ3) is 5.15. The van der Waals surface area contributed by atoms with Gasteiger partial charge < -0.3 is 18.9 Å². The number of hydrogen-bond donors (Lipinski definition) is 1. The number of methoxy groups -OCH3 is 1. The molecule has 164 valence electrons. The van der Waals surface area contributed by atoms with Crippen LogP contribution < -0.4 is 24.4 Å². The van der Waals surface area contributed by atoms with Crippen LogP contribution in [0.2, 0.25) is 0 Å². The highest BCUT2D eigenvalue weighted by atomic mass is 19.1. The predicted molar refractivity (Wildman–Crippen MR) is 116 cm³/mol. The predicted octanol–water partition coefficient (Wildman–Crippen LogP) is 3.70. The Morgan fingerprint density at radius 2 is 1.91 bits per heavy atom. The highest BCUT2D eigenvalue weighted by molar-refractivity contribution is 5.85. The summed E-state index contributed by atoms with van der Waals surface area (Å²) >= 11 is 0. The first-order chi connectivity index (χ1) is 15.6. The summed E-state index contributed by atoms with van der Waals surface area (Å²) < 4.78 is 35.4. The molecule has 1 amide bonds. The summed E-state index contributed by atoms with van der Waals surface area (Å²) in [5, 5.41) is 3.99. The number of ether oxygens (including phenoxy) is 4. The lowest BCUT2D eigenvalue weighted by Crippen LogP contribution is -2.42. The fourth-order valence-electron chi connectivity index (χ4n) is 3.02. The van der Waals surface area contributed by atoms with E-state index < -0.39 is 12.0 Å². The van der Waals surface area contributed by atoms with E-state index >= 15 is 0 Å². The Morgan fingerprint density at radius 3 is 2.69 bits per heavy atom. The lowest BCUT2D eigenvalue weighted by Gasteiger charge is -2.24. The maximum Gasteiger partial charge on any atom is 0.284 e. The van der Waals surface area contributed by atoms with E-state index in [4.69, 9.17) is 18.9 Å². The minimum atomic E-state index is -0.793. The Labute approximate surface area is 184 Å². The summed E-state index contributed by atoms with van der Waals surface area (Å²) in [4.78, 5) is 12.3. The van der Waals surface area contributed by atoms with Crippen molar-refractivity contribution in [2.45, 2.75) is 12.7 Å². The zero-order valence-corrected chi connectivity index (χ0v) is 17.3. The first-order valence-corrected chi connectivity index (χ1v) is 9.89. The number of nitrogens with zero attached hydrogens (tertiary/aromatic N) is 1. The molecule has 1 atom stereocenters. The van der Waals surface area contributed by atoms with Crippen LogP contribution in [0.5, 0.6) is 23.0 Å². The van der Waals surface area contributed by atoms with Crippen molar-refractivity contribution in [3.8, 4) is 23.0 Å². The van der Waals surface area contributed by atoms with Gasteiger partial charge in [0.05, 0.1) is 13.3 Å². The van der Waals surface area contributed by atoms with E-state index in [1.807, 2.05) is 6.07 Å². The van der Waals surface area contributed by atoms with Crippen molar-refractivity contribution in [1.29, 1.82) is 0 Å². The van der Waals surface area contributed by atoms with Crippen LogP contribution in [-0.4, -0.2) is 31.9 Å². The van der Waals surface area contributed by atoms with Crippen LogP contribution in [0.4, 0.5) is 4.39 Å². The minimum Gasteiger partial charge on any atom is -0.493 e. The average Bonchev–Trinajstić information content (AvgIpc) is 2.83. The van der Waals surface area contributed by atoms with Crippen molar-refractivity contribution in [2.75, 3.05) is 13.7 Å². The molecule has 0 aromatic heterocycles. The van der Waals surface area contributed by atoms with Crippen molar-refractivity contribution >= 4 is 12.1 Å². The second-order valence-corrected chi connectivity index (χ2v) is 6.92. The number of rotatable bonds is 7. The molecule has 1 aliphatic rings. The Balaban J connectivity index is 1.33. The molecule has 0 radical (unpaired) electrons. The Morgan fingerprint density at radius 1 is 1.12 bits per heavy atom. The zero-order chi connectivity index (χ0) is 22.3. The van der Waals surface area contributed by atoms with Crippen molar-refractivity contribution in [3.05, 3.63) is 83.7 Å². The molecule has 8 heteroatoms. The van der Waals surface area contributed by atoms with E-state index in [-0.39, 0.29) is 19.0 Å². The van der Waals surface area contributed by atoms with Crippen LogP contribution in [0.1, 0.15) is 11.1 Å². The third-order valence-corrected chi connectivity index (χ3v) is 4.68. The summed E-state index contributed by atoms with van der Waals surface area (Å²) in [5.74, 6) is 1.45. The average molecular weight is 436 g/mol. The van der Waals surface area contributed by atoms with Gasteiger partial charge in [0, 0.05) is 0 Å². The molecule has 1 aliphatic heterocycles. The first-order valence-electron chi connectivity index (χ1n) is 9.89. The van der Waals surface area contributed by atoms with Crippen LogP contribution in [0.15, 0.2) is 71.8 Å². The van der Waals surface area contributed by atoms with Crippen LogP contribution in [-0.2, 0) is 11.4 Å². The summed E-state index contributed by atoms with van der Waals surface area (Å²) in [6.07, 6.45) is 0.695. The van der Waals surface area contributed by atoms with E-state index in [0.717, 1.165) is 5.56 Å². The highest BCUT2D eigenvalue weighted by Gasteiger charge is 2.27. The quantitative estimate of drug-likeness (QED) is 0.451. The number of benzene rings is 3. The Bertz CT molecular complexity index is 1120. The highest BCUT2D eigenvalue weighted by Crippen LogP contribution is 2.31. The molecule has 1 N–H and O–H groups in total. The van der Waals surface area contributed by atoms with Crippen molar-refractivity contribution in [3.63, 3.8) is 0 Å². The van der Waals surface area contributed by atoms with E-state index in [1.165, 1.54) is 25.5 Å². The Hall–Kier alpha value is -4.07. The normalized spacial score (nSPS) is 14.8. The van der Waals surface area contributed by atoms with Gasteiger partial charge in [0.2, 0.25) is 6.10 Å². The smallest absolute Gasteiger partial charge is 0.284 e. The van der Waals surface area contributed by atoms with Gasteiger partial charge in [-0.25, -0.2) is 9.82 Å². The number of amides is 1. The molecular weight excluding hydrogens is 415 g/mol. The summed E-state index contributed by atoms with van der Waals surface area (Å²) in [6.45, 7) is 0.374. The summed E-state index contributed by atoms with van der Waals surface area (Å²) in [7, 11) is 1.53. The van der Waals surface area contributed by atoms with Crippen LogP contribution in [0, 0.1) is 5.82 Å². The lowest BCUT2D eigenvalue weighted by atomic mass is 10.2. The molecule has 0 spiro atoms. The molecule has 3 aromatic rings. The molecule has 3 aromatic carbocycles. The van der Waals surface area contributed by atoms with Gasteiger partial charge in [-0.1, -0.05) is 24.3 Å². The fraction of sp³-hybridized carbons (Fsp3) is 0.167. The first kappa shape index (κ1) is 21.2. The van der Waals surface area contributed by atoms with E-state index in [0.29, 0.717) is 28.6 Å². The van der Waals surface area contributed by atoms with Gasteiger partial charge in [0.25, 0.3) is 5.91 Å². The summed E-state index contributed by atoms with van der Waals surface area (Å²) in [6, 6.07) is 18.5. The van der Waals surface area contributed by atoms with Gasteiger partial charge in [-0.2, -0.15) is 5.10 Å². The lowest BCUT2D eigenvalue weighted by molar-refractivity contribution is -0.130. The van der Waals surface area contributed by atoms with Gasteiger partial charge in [0.1, 0.15) is 19.0 Å². The van der Waals surface area contributed by atoms with Gasteiger partial charge in [-0.15, -0.1) is 0 Å². The maximum absolute atomic E-state index is 13.0. The number of hydrogen-bond acceptors (Lipinski definition) is 6. The van der Waals surface area contributed by atoms with E-state index in [2.05, 4.69) is 10.5 Å². The minimum absolute atomic E-state index is 0.103. The molecule has 32 heavy (non-hydrogen) atoms. The molecule has 7 nitrogen and oxygen atoms in total. The number of nitrogens with one attached hydrogen (secondary N) is 1.